The first-order chi connectivity index (χ1) is 7.16. The fraction of sp³-hybridized carbons (Fsp3) is 1.00. The molecule has 3 unspecified atom stereocenters. The summed E-state index contributed by atoms with van der Waals surface area (Å²) >= 11 is 0. The Bertz CT molecular complexity index is 201. The summed E-state index contributed by atoms with van der Waals surface area (Å²) in [7, 11) is 0. The molecule has 1 aliphatic heterocycles. The highest BCUT2D eigenvalue weighted by molar-refractivity contribution is 4.85. The maximum Gasteiger partial charge on any atom is 0.0194 e. The molecule has 0 spiro atoms. The number of piperidine rings is 1. The van der Waals surface area contributed by atoms with Gasteiger partial charge in [-0.05, 0) is 38.1 Å². The summed E-state index contributed by atoms with van der Waals surface area (Å²) in [6.07, 6.45) is 7.10. The summed E-state index contributed by atoms with van der Waals surface area (Å²) < 4.78 is 0. The summed E-state index contributed by atoms with van der Waals surface area (Å²) in [5, 5.41) is 0. The lowest BCUT2D eigenvalue weighted by Gasteiger charge is -2.40. The zero-order valence-electron chi connectivity index (χ0n) is 10.3. The second-order valence-corrected chi connectivity index (χ2v) is 5.81. The van der Waals surface area contributed by atoms with Gasteiger partial charge < -0.3 is 5.73 Å². The van der Waals surface area contributed by atoms with Crippen LogP contribution in [0.25, 0.3) is 0 Å². The van der Waals surface area contributed by atoms with Gasteiger partial charge in [0.2, 0.25) is 0 Å². The lowest BCUT2D eigenvalue weighted by molar-refractivity contribution is 0.101. The zero-order chi connectivity index (χ0) is 10.8. The van der Waals surface area contributed by atoms with E-state index in [2.05, 4.69) is 18.7 Å². The topological polar surface area (TPSA) is 29.3 Å². The van der Waals surface area contributed by atoms with E-state index in [1.54, 1.807) is 0 Å². The molecule has 1 saturated heterocycles. The van der Waals surface area contributed by atoms with E-state index in [-0.39, 0.29) is 0 Å². The van der Waals surface area contributed by atoms with Crippen molar-refractivity contribution in [2.24, 2.45) is 17.6 Å². The third-order valence-corrected chi connectivity index (χ3v) is 4.57. The van der Waals surface area contributed by atoms with Gasteiger partial charge >= 0.3 is 0 Å². The Balaban J connectivity index is 1.77. The van der Waals surface area contributed by atoms with Gasteiger partial charge in [-0.25, -0.2) is 0 Å². The molecular formula is C13H26N2. The molecule has 0 aromatic rings. The standard InChI is InChI=1S/C13H26N2/c1-10-6-7-15(9-13(10)14)11(2)8-12-4-3-5-12/h10-13H,3-9,14H2,1-2H3. The van der Waals surface area contributed by atoms with Crippen LogP contribution in [0.5, 0.6) is 0 Å². The first kappa shape index (κ1) is 11.4. The van der Waals surface area contributed by atoms with Crippen LogP contribution in [0.15, 0.2) is 0 Å². The van der Waals surface area contributed by atoms with E-state index in [1.807, 2.05) is 0 Å². The predicted octanol–water partition coefficient (Wildman–Crippen LogP) is 2.23. The normalized spacial score (nSPS) is 36.2. The van der Waals surface area contributed by atoms with Crippen LogP contribution in [-0.2, 0) is 0 Å². The first-order valence-electron chi connectivity index (χ1n) is 6.66. The highest BCUT2D eigenvalue weighted by atomic mass is 15.2. The van der Waals surface area contributed by atoms with E-state index in [1.165, 1.54) is 38.6 Å². The summed E-state index contributed by atoms with van der Waals surface area (Å²) in [6.45, 7) is 7.07. The number of hydrogen-bond acceptors (Lipinski definition) is 2. The number of rotatable bonds is 3. The van der Waals surface area contributed by atoms with Crippen LogP contribution < -0.4 is 5.73 Å². The number of likely N-dealkylation sites (tertiary alicyclic amines) is 1. The molecule has 0 aromatic heterocycles. The van der Waals surface area contributed by atoms with E-state index in [0.717, 1.165) is 24.4 Å². The molecule has 2 nitrogen and oxygen atoms in total. The highest BCUT2D eigenvalue weighted by Gasteiger charge is 2.28. The van der Waals surface area contributed by atoms with Gasteiger partial charge in [-0.1, -0.05) is 26.2 Å². The minimum Gasteiger partial charge on any atom is -0.326 e. The molecule has 0 amide bonds. The third-order valence-electron chi connectivity index (χ3n) is 4.57. The maximum atomic E-state index is 6.14. The van der Waals surface area contributed by atoms with Crippen LogP contribution in [0.1, 0.15) is 46.0 Å². The molecule has 2 fully saturated rings. The molecule has 0 aromatic carbocycles. The molecule has 0 bridgehead atoms. The smallest absolute Gasteiger partial charge is 0.0194 e. The minimum absolute atomic E-state index is 0.405. The molecule has 2 rings (SSSR count). The van der Waals surface area contributed by atoms with Crippen LogP contribution in [0, 0.1) is 11.8 Å². The van der Waals surface area contributed by atoms with Crippen LogP contribution in [0.2, 0.25) is 0 Å². The van der Waals surface area contributed by atoms with E-state index < -0.39 is 0 Å². The van der Waals surface area contributed by atoms with Crippen molar-refractivity contribution in [3.05, 3.63) is 0 Å². The van der Waals surface area contributed by atoms with Crippen LogP contribution in [0.3, 0.4) is 0 Å². The Morgan fingerprint density at radius 3 is 2.60 bits per heavy atom. The predicted molar refractivity (Wildman–Crippen MR) is 64.7 cm³/mol. The largest absolute Gasteiger partial charge is 0.326 e. The molecule has 88 valence electrons. The van der Waals surface area contributed by atoms with E-state index >= 15 is 0 Å². The van der Waals surface area contributed by atoms with Crippen molar-refractivity contribution < 1.29 is 0 Å². The average Bonchev–Trinajstić information content (AvgIpc) is 2.15. The van der Waals surface area contributed by atoms with Crippen molar-refractivity contribution in [3.63, 3.8) is 0 Å². The molecule has 3 atom stereocenters. The SMILES string of the molecule is CC1CCN(C(C)CC2CCC2)CC1N. The van der Waals surface area contributed by atoms with Crippen molar-refractivity contribution in [2.75, 3.05) is 13.1 Å². The fourth-order valence-electron chi connectivity index (χ4n) is 2.89. The molecule has 15 heavy (non-hydrogen) atoms. The van der Waals surface area contributed by atoms with Crippen molar-refractivity contribution >= 4 is 0 Å². The molecule has 1 aliphatic carbocycles. The van der Waals surface area contributed by atoms with E-state index in [4.69, 9.17) is 5.73 Å². The average molecular weight is 210 g/mol. The molecule has 2 heteroatoms. The maximum absolute atomic E-state index is 6.14. The highest BCUT2D eigenvalue weighted by Crippen LogP contribution is 2.32. The van der Waals surface area contributed by atoms with Crippen molar-refractivity contribution in [2.45, 2.75) is 58.0 Å². The molecule has 1 saturated carbocycles. The van der Waals surface area contributed by atoms with Crippen LogP contribution in [-0.4, -0.2) is 30.1 Å². The Morgan fingerprint density at radius 2 is 2.07 bits per heavy atom. The minimum atomic E-state index is 0.405. The van der Waals surface area contributed by atoms with Crippen molar-refractivity contribution in [3.8, 4) is 0 Å². The second-order valence-electron chi connectivity index (χ2n) is 5.81. The fourth-order valence-corrected chi connectivity index (χ4v) is 2.89. The van der Waals surface area contributed by atoms with Crippen molar-refractivity contribution in [1.82, 2.24) is 4.90 Å². The quantitative estimate of drug-likeness (QED) is 0.774. The van der Waals surface area contributed by atoms with Gasteiger partial charge in [-0.2, -0.15) is 0 Å². The lowest BCUT2D eigenvalue weighted by atomic mass is 9.80. The lowest BCUT2D eigenvalue weighted by Crippen LogP contribution is -2.51. The van der Waals surface area contributed by atoms with Crippen LogP contribution in [0.4, 0.5) is 0 Å². The van der Waals surface area contributed by atoms with Gasteiger partial charge in [0.05, 0.1) is 0 Å². The first-order valence-corrected chi connectivity index (χ1v) is 6.66. The number of nitrogens with two attached hydrogens (primary N) is 1. The zero-order valence-corrected chi connectivity index (χ0v) is 10.3. The second kappa shape index (κ2) is 4.84. The Kier molecular flexibility index (Phi) is 3.68. The van der Waals surface area contributed by atoms with Gasteiger partial charge in [0.15, 0.2) is 0 Å². The van der Waals surface area contributed by atoms with Gasteiger partial charge in [-0.15, -0.1) is 0 Å². The molecule has 1 heterocycles. The van der Waals surface area contributed by atoms with E-state index in [0.29, 0.717) is 6.04 Å². The molecule has 2 N–H and O–H groups in total. The Labute approximate surface area is 94.2 Å². The summed E-state index contributed by atoms with van der Waals surface area (Å²) in [5.74, 6) is 1.74. The van der Waals surface area contributed by atoms with Gasteiger partial charge in [-0.3, -0.25) is 4.90 Å². The van der Waals surface area contributed by atoms with Gasteiger partial charge in [0.1, 0.15) is 0 Å². The Morgan fingerprint density at radius 1 is 1.33 bits per heavy atom. The molecular weight excluding hydrogens is 184 g/mol. The number of hydrogen-bond donors (Lipinski definition) is 1. The van der Waals surface area contributed by atoms with E-state index in [9.17, 15) is 0 Å². The van der Waals surface area contributed by atoms with Crippen molar-refractivity contribution in [1.29, 1.82) is 0 Å². The number of nitrogens with zero attached hydrogens (tertiary/aromatic N) is 1. The summed E-state index contributed by atoms with van der Waals surface area (Å²) in [5.41, 5.74) is 6.14. The van der Waals surface area contributed by atoms with Gasteiger partial charge in [0.25, 0.3) is 0 Å². The molecule has 2 aliphatic rings. The summed E-state index contributed by atoms with van der Waals surface area (Å²) in [4.78, 5) is 2.61. The summed E-state index contributed by atoms with van der Waals surface area (Å²) in [6, 6.07) is 1.16. The third kappa shape index (κ3) is 2.73. The molecule has 0 radical (unpaired) electrons. The van der Waals surface area contributed by atoms with Gasteiger partial charge in [0, 0.05) is 18.6 Å². The Hall–Kier alpha value is -0.0800. The monoisotopic (exact) mass is 210 g/mol. The van der Waals surface area contributed by atoms with Crippen LogP contribution >= 0.6 is 0 Å².